The fraction of sp³-hybridized carbons (Fsp3) is 0.0909. The predicted octanol–water partition coefficient (Wildman–Crippen LogP) is 4.58. The van der Waals surface area contributed by atoms with Gasteiger partial charge >= 0.3 is 5.97 Å². The minimum atomic E-state index is -1.32. The lowest BCUT2D eigenvalue weighted by molar-refractivity contribution is -0.385. The lowest BCUT2D eigenvalue weighted by atomic mass is 10.1. The van der Waals surface area contributed by atoms with Gasteiger partial charge in [-0.05, 0) is 37.3 Å². The minimum Gasteiger partial charge on any atom is -0.444 e. The zero-order chi connectivity index (χ0) is 21.7. The molecule has 1 amide bonds. The third-order valence-corrected chi connectivity index (χ3v) is 4.32. The van der Waals surface area contributed by atoms with E-state index in [-0.39, 0.29) is 11.3 Å². The molecule has 152 valence electrons. The Kier molecular flexibility index (Phi) is 6.17. The number of carbonyl (C=O) groups excluding carboxylic acids is 2. The van der Waals surface area contributed by atoms with Crippen molar-refractivity contribution in [2.45, 2.75) is 13.0 Å². The summed E-state index contributed by atoms with van der Waals surface area (Å²) >= 11 is 0. The molecule has 7 nitrogen and oxygen atoms in total. The van der Waals surface area contributed by atoms with E-state index in [0.29, 0.717) is 16.8 Å². The van der Waals surface area contributed by atoms with Crippen LogP contribution in [0.15, 0.2) is 72.8 Å². The van der Waals surface area contributed by atoms with E-state index >= 15 is 0 Å². The zero-order valence-electron chi connectivity index (χ0n) is 15.9. The fourth-order valence-electron chi connectivity index (χ4n) is 2.75. The second kappa shape index (κ2) is 8.95. The van der Waals surface area contributed by atoms with Crippen LogP contribution in [0, 0.1) is 22.9 Å². The van der Waals surface area contributed by atoms with E-state index in [1.54, 1.807) is 37.3 Å². The Balaban J connectivity index is 1.87. The highest BCUT2D eigenvalue weighted by Gasteiger charge is 2.27. The summed E-state index contributed by atoms with van der Waals surface area (Å²) in [6.45, 7) is 1.55. The molecule has 0 unspecified atom stereocenters. The highest BCUT2D eigenvalue weighted by Crippen LogP contribution is 2.24. The van der Waals surface area contributed by atoms with Gasteiger partial charge in [0.1, 0.15) is 5.82 Å². The number of nitro benzene ring substituents is 1. The molecule has 0 saturated carbocycles. The molecular formula is C22H17FN2O5. The maximum Gasteiger partial charge on any atom is 0.339 e. The molecule has 3 aromatic rings. The van der Waals surface area contributed by atoms with Gasteiger partial charge in [-0.25, -0.2) is 9.18 Å². The van der Waals surface area contributed by atoms with Crippen LogP contribution in [-0.4, -0.2) is 16.8 Å². The Labute approximate surface area is 171 Å². The first-order valence-corrected chi connectivity index (χ1v) is 8.92. The van der Waals surface area contributed by atoms with Crippen molar-refractivity contribution in [1.29, 1.82) is 0 Å². The van der Waals surface area contributed by atoms with E-state index in [9.17, 15) is 24.1 Å². The normalized spacial score (nSPS) is 11.4. The Hall–Kier alpha value is -4.07. The number of benzene rings is 3. The summed E-state index contributed by atoms with van der Waals surface area (Å²) in [6, 6.07) is 17.4. The van der Waals surface area contributed by atoms with Gasteiger partial charge < -0.3 is 10.1 Å². The second-order valence-corrected chi connectivity index (χ2v) is 6.45. The summed E-state index contributed by atoms with van der Waals surface area (Å²) in [5, 5.41) is 13.7. The van der Waals surface area contributed by atoms with E-state index in [1.807, 2.05) is 0 Å². The van der Waals surface area contributed by atoms with Crippen LogP contribution in [0.1, 0.15) is 27.6 Å². The van der Waals surface area contributed by atoms with Gasteiger partial charge in [-0.3, -0.25) is 14.9 Å². The number of ether oxygens (including phenoxy) is 1. The summed E-state index contributed by atoms with van der Waals surface area (Å²) in [5.74, 6) is -2.00. The van der Waals surface area contributed by atoms with Gasteiger partial charge in [-0.15, -0.1) is 0 Å². The second-order valence-electron chi connectivity index (χ2n) is 6.45. The summed E-state index contributed by atoms with van der Waals surface area (Å²) in [4.78, 5) is 36.0. The van der Waals surface area contributed by atoms with Crippen LogP contribution in [0.4, 0.5) is 15.8 Å². The summed E-state index contributed by atoms with van der Waals surface area (Å²) in [6.07, 6.45) is -1.32. The van der Waals surface area contributed by atoms with Crippen molar-refractivity contribution in [2.75, 3.05) is 5.32 Å². The molecule has 0 aromatic heterocycles. The number of halogens is 1. The third kappa shape index (κ3) is 4.85. The molecule has 8 heteroatoms. The molecule has 0 radical (unpaired) electrons. The SMILES string of the molecule is Cc1ccc(C(=O)O[C@H](C(=O)Nc2ccc(F)cc2)c2ccccc2)cc1[N+](=O)[O-]. The summed E-state index contributed by atoms with van der Waals surface area (Å²) in [5.41, 5.74) is 0.848. The first-order chi connectivity index (χ1) is 14.3. The Morgan fingerprint density at radius 3 is 2.33 bits per heavy atom. The number of rotatable bonds is 6. The number of hydrogen-bond acceptors (Lipinski definition) is 5. The lowest BCUT2D eigenvalue weighted by Crippen LogP contribution is -2.26. The number of nitrogens with zero attached hydrogens (tertiary/aromatic N) is 1. The van der Waals surface area contributed by atoms with Gasteiger partial charge in [0, 0.05) is 22.9 Å². The molecule has 0 saturated heterocycles. The van der Waals surface area contributed by atoms with Gasteiger partial charge in [0.2, 0.25) is 6.10 Å². The molecular weight excluding hydrogens is 391 g/mol. The van der Waals surface area contributed by atoms with Crippen molar-refractivity contribution in [2.24, 2.45) is 0 Å². The molecule has 3 aromatic carbocycles. The average Bonchev–Trinajstić information content (AvgIpc) is 2.74. The van der Waals surface area contributed by atoms with Crippen molar-refractivity contribution >= 4 is 23.3 Å². The first kappa shape index (κ1) is 20.7. The highest BCUT2D eigenvalue weighted by atomic mass is 19.1. The van der Waals surface area contributed by atoms with Crippen molar-refractivity contribution < 1.29 is 23.6 Å². The largest absolute Gasteiger partial charge is 0.444 e. The average molecular weight is 408 g/mol. The van der Waals surface area contributed by atoms with E-state index in [1.165, 1.54) is 36.4 Å². The van der Waals surface area contributed by atoms with E-state index in [0.717, 1.165) is 6.07 Å². The van der Waals surface area contributed by atoms with Crippen molar-refractivity contribution in [3.63, 3.8) is 0 Å². The molecule has 1 atom stereocenters. The first-order valence-electron chi connectivity index (χ1n) is 8.92. The van der Waals surface area contributed by atoms with Crippen molar-refractivity contribution in [3.8, 4) is 0 Å². The number of aryl methyl sites for hydroxylation is 1. The molecule has 30 heavy (non-hydrogen) atoms. The van der Waals surface area contributed by atoms with Crippen molar-refractivity contribution in [1.82, 2.24) is 0 Å². The van der Waals surface area contributed by atoms with Crippen molar-refractivity contribution in [3.05, 3.63) is 105 Å². The van der Waals surface area contributed by atoms with Gasteiger partial charge in [-0.1, -0.05) is 36.4 Å². The van der Waals surface area contributed by atoms with E-state index in [2.05, 4.69) is 5.32 Å². The maximum atomic E-state index is 13.1. The smallest absolute Gasteiger partial charge is 0.339 e. The number of hydrogen-bond donors (Lipinski definition) is 1. The Morgan fingerprint density at radius 1 is 1.03 bits per heavy atom. The number of carbonyl (C=O) groups is 2. The molecule has 0 aliphatic heterocycles. The highest BCUT2D eigenvalue weighted by molar-refractivity contribution is 5.98. The third-order valence-electron chi connectivity index (χ3n) is 4.32. The maximum absolute atomic E-state index is 13.1. The van der Waals surface area contributed by atoms with Gasteiger partial charge in [-0.2, -0.15) is 0 Å². The molecule has 0 spiro atoms. The molecule has 0 aliphatic carbocycles. The number of nitro groups is 1. The molecule has 0 fully saturated rings. The number of amides is 1. The molecule has 0 bridgehead atoms. The van der Waals surface area contributed by atoms with E-state index < -0.39 is 28.7 Å². The molecule has 3 rings (SSSR count). The molecule has 1 N–H and O–H groups in total. The number of esters is 1. The van der Waals surface area contributed by atoms with Gasteiger partial charge in [0.05, 0.1) is 10.5 Å². The number of anilines is 1. The predicted molar refractivity (Wildman–Crippen MR) is 107 cm³/mol. The summed E-state index contributed by atoms with van der Waals surface area (Å²) in [7, 11) is 0. The minimum absolute atomic E-state index is 0.0530. The fourth-order valence-corrected chi connectivity index (χ4v) is 2.75. The van der Waals surface area contributed by atoms with Crippen LogP contribution in [-0.2, 0) is 9.53 Å². The summed E-state index contributed by atoms with van der Waals surface area (Å²) < 4.78 is 18.5. The quantitative estimate of drug-likeness (QED) is 0.366. The van der Waals surface area contributed by atoms with Gasteiger partial charge in [0.25, 0.3) is 11.6 Å². The van der Waals surface area contributed by atoms with Crippen LogP contribution in [0.2, 0.25) is 0 Å². The van der Waals surface area contributed by atoms with Crippen LogP contribution in [0.5, 0.6) is 0 Å². The van der Waals surface area contributed by atoms with Crippen LogP contribution < -0.4 is 5.32 Å². The lowest BCUT2D eigenvalue weighted by Gasteiger charge is -2.18. The zero-order valence-corrected chi connectivity index (χ0v) is 15.9. The molecule has 0 aliphatic rings. The number of nitrogens with one attached hydrogen (secondary N) is 1. The van der Waals surface area contributed by atoms with E-state index in [4.69, 9.17) is 4.74 Å². The topological polar surface area (TPSA) is 98.5 Å². The van der Waals surface area contributed by atoms with Crippen LogP contribution in [0.25, 0.3) is 0 Å². The Morgan fingerprint density at radius 2 is 1.70 bits per heavy atom. The molecule has 0 heterocycles. The van der Waals surface area contributed by atoms with Crippen LogP contribution in [0.3, 0.4) is 0 Å². The Bertz CT molecular complexity index is 1080. The standard InChI is InChI=1S/C22H17FN2O5/c1-14-7-8-16(13-19(14)25(28)29)22(27)30-20(15-5-3-2-4-6-15)21(26)24-18-11-9-17(23)10-12-18/h2-13,20H,1H3,(H,24,26)/t20-/m0/s1. The monoisotopic (exact) mass is 408 g/mol. The van der Waals surface area contributed by atoms with Gasteiger partial charge in [0.15, 0.2) is 0 Å². The van der Waals surface area contributed by atoms with Crippen LogP contribution >= 0.6 is 0 Å².